The second-order valence-corrected chi connectivity index (χ2v) is 6.94. The van der Waals surface area contributed by atoms with Crippen molar-refractivity contribution in [3.63, 3.8) is 0 Å². The molecule has 0 aliphatic carbocycles. The van der Waals surface area contributed by atoms with E-state index >= 15 is 0 Å². The molecule has 1 saturated heterocycles. The zero-order valence-corrected chi connectivity index (χ0v) is 15.5. The van der Waals surface area contributed by atoms with Gasteiger partial charge in [0.15, 0.2) is 12.4 Å². The minimum absolute atomic E-state index is 0.0850. The number of aromatic nitrogens is 2. The third kappa shape index (κ3) is 3.67. The molecule has 0 unspecified atom stereocenters. The Bertz CT molecular complexity index is 977. The summed E-state index contributed by atoms with van der Waals surface area (Å²) in [6.07, 6.45) is 0.665. The Kier molecular flexibility index (Phi) is 4.52. The molecule has 154 valence electrons. The van der Waals surface area contributed by atoms with Crippen molar-refractivity contribution in [1.29, 1.82) is 0 Å². The van der Waals surface area contributed by atoms with E-state index in [9.17, 15) is 18.4 Å². The number of hydrogen-bond acceptors (Lipinski definition) is 6. The van der Waals surface area contributed by atoms with Crippen molar-refractivity contribution in [2.24, 2.45) is 5.73 Å². The number of halogens is 2. The van der Waals surface area contributed by atoms with Crippen LogP contribution in [0.15, 0.2) is 24.4 Å². The number of nitrogens with two attached hydrogens (primary N) is 1. The topological polar surface area (TPSA) is 112 Å². The van der Waals surface area contributed by atoms with Crippen LogP contribution in [0.3, 0.4) is 0 Å². The molecular formula is C18H19F2N5O4. The third-order valence-electron chi connectivity index (χ3n) is 4.68. The summed E-state index contributed by atoms with van der Waals surface area (Å²) < 4.78 is 39.5. The average Bonchev–Trinajstić information content (AvgIpc) is 3.00. The minimum Gasteiger partial charge on any atom is -0.491 e. The first-order valence-corrected chi connectivity index (χ1v) is 8.96. The number of anilines is 2. The van der Waals surface area contributed by atoms with Crippen molar-refractivity contribution < 1.29 is 27.8 Å². The van der Waals surface area contributed by atoms with Crippen molar-refractivity contribution in [3.05, 3.63) is 24.4 Å². The van der Waals surface area contributed by atoms with Crippen LogP contribution in [0.2, 0.25) is 0 Å². The number of alkyl halides is 2. The molecule has 2 aliphatic heterocycles. The SMILES string of the molecule is C[C@H](Nc1ccc2c(c1)OCCn1cc(N3CC(F)(F)COC3=O)nc1-2)C(N)=O. The number of rotatable bonds is 4. The molecule has 2 aliphatic rings. The Morgan fingerprint density at radius 3 is 2.93 bits per heavy atom. The Morgan fingerprint density at radius 2 is 2.17 bits per heavy atom. The molecule has 1 aromatic carbocycles. The smallest absolute Gasteiger partial charge is 0.415 e. The van der Waals surface area contributed by atoms with Gasteiger partial charge in [0.2, 0.25) is 5.91 Å². The molecule has 4 rings (SSSR count). The second kappa shape index (κ2) is 6.90. The van der Waals surface area contributed by atoms with Gasteiger partial charge < -0.3 is 25.1 Å². The number of nitrogens with one attached hydrogen (secondary N) is 1. The first-order chi connectivity index (χ1) is 13.7. The van der Waals surface area contributed by atoms with Gasteiger partial charge in [0.1, 0.15) is 24.2 Å². The van der Waals surface area contributed by atoms with Gasteiger partial charge in [0.05, 0.1) is 18.7 Å². The molecule has 3 N–H and O–H groups in total. The first kappa shape index (κ1) is 19.0. The van der Waals surface area contributed by atoms with Gasteiger partial charge in [-0.05, 0) is 19.1 Å². The summed E-state index contributed by atoms with van der Waals surface area (Å²) in [5.41, 5.74) is 6.53. The van der Waals surface area contributed by atoms with E-state index in [2.05, 4.69) is 15.0 Å². The fourth-order valence-corrected chi connectivity index (χ4v) is 3.17. The van der Waals surface area contributed by atoms with Crippen molar-refractivity contribution in [2.75, 3.05) is 30.0 Å². The normalized spacial score (nSPS) is 18.6. The molecule has 1 atom stereocenters. The maximum Gasteiger partial charge on any atom is 0.415 e. The van der Waals surface area contributed by atoms with Gasteiger partial charge in [-0.15, -0.1) is 0 Å². The van der Waals surface area contributed by atoms with Crippen LogP contribution < -0.4 is 20.7 Å². The molecule has 9 nitrogen and oxygen atoms in total. The van der Waals surface area contributed by atoms with Gasteiger partial charge in [-0.3, -0.25) is 9.69 Å². The lowest BCUT2D eigenvalue weighted by atomic mass is 10.1. The molecule has 11 heteroatoms. The Morgan fingerprint density at radius 1 is 1.38 bits per heavy atom. The second-order valence-electron chi connectivity index (χ2n) is 6.94. The monoisotopic (exact) mass is 407 g/mol. The number of carbonyl (C=O) groups excluding carboxylic acids is 2. The molecule has 0 bridgehead atoms. The quantitative estimate of drug-likeness (QED) is 0.800. The van der Waals surface area contributed by atoms with Crippen LogP contribution in [-0.4, -0.2) is 53.3 Å². The lowest BCUT2D eigenvalue weighted by Crippen LogP contribution is -2.50. The number of carbonyl (C=O) groups is 2. The van der Waals surface area contributed by atoms with Crippen LogP contribution in [0.1, 0.15) is 6.92 Å². The Hall–Kier alpha value is -3.37. The van der Waals surface area contributed by atoms with Gasteiger partial charge in [0, 0.05) is 18.0 Å². The highest BCUT2D eigenvalue weighted by atomic mass is 19.3. The van der Waals surface area contributed by atoms with Crippen molar-refractivity contribution >= 4 is 23.5 Å². The van der Waals surface area contributed by atoms with E-state index in [0.29, 0.717) is 36.0 Å². The van der Waals surface area contributed by atoms with E-state index in [1.54, 1.807) is 29.7 Å². The molecule has 29 heavy (non-hydrogen) atoms. The van der Waals surface area contributed by atoms with E-state index in [4.69, 9.17) is 10.5 Å². The predicted molar refractivity (Wildman–Crippen MR) is 99.1 cm³/mol. The average molecular weight is 407 g/mol. The maximum absolute atomic E-state index is 13.7. The third-order valence-corrected chi connectivity index (χ3v) is 4.68. The fourth-order valence-electron chi connectivity index (χ4n) is 3.17. The number of benzene rings is 1. The molecule has 1 fully saturated rings. The molecule has 0 saturated carbocycles. The number of fused-ring (bicyclic) bond motifs is 3. The van der Waals surface area contributed by atoms with E-state index < -0.39 is 37.1 Å². The number of imidazole rings is 1. The molecule has 1 aromatic heterocycles. The summed E-state index contributed by atoms with van der Waals surface area (Å²) in [7, 11) is 0. The molecule has 2 aromatic rings. The van der Waals surface area contributed by atoms with Crippen molar-refractivity contribution in [1.82, 2.24) is 9.55 Å². The van der Waals surface area contributed by atoms with E-state index in [0.717, 1.165) is 4.90 Å². The molecule has 0 radical (unpaired) electrons. The fraction of sp³-hybridized carbons (Fsp3) is 0.389. The number of hydrogen-bond donors (Lipinski definition) is 2. The number of primary amides is 1. The highest BCUT2D eigenvalue weighted by Crippen LogP contribution is 2.36. The lowest BCUT2D eigenvalue weighted by molar-refractivity contribution is -0.118. The van der Waals surface area contributed by atoms with Crippen LogP contribution in [0.5, 0.6) is 5.75 Å². The Labute approximate surface area is 164 Å². The van der Waals surface area contributed by atoms with Crippen LogP contribution in [0, 0.1) is 0 Å². The number of ether oxygens (including phenoxy) is 2. The molecule has 0 spiro atoms. The van der Waals surface area contributed by atoms with Gasteiger partial charge in [-0.2, -0.15) is 0 Å². The zero-order valence-electron chi connectivity index (χ0n) is 15.5. The van der Waals surface area contributed by atoms with Crippen molar-refractivity contribution in [3.8, 4) is 17.1 Å². The van der Waals surface area contributed by atoms with Gasteiger partial charge in [-0.1, -0.05) is 0 Å². The summed E-state index contributed by atoms with van der Waals surface area (Å²) in [5, 5.41) is 2.97. The van der Waals surface area contributed by atoms with E-state index in [1.807, 2.05) is 0 Å². The molecular weight excluding hydrogens is 388 g/mol. The van der Waals surface area contributed by atoms with Crippen LogP contribution in [-0.2, 0) is 16.1 Å². The zero-order chi connectivity index (χ0) is 20.8. The molecule has 2 amide bonds. The largest absolute Gasteiger partial charge is 0.491 e. The van der Waals surface area contributed by atoms with Gasteiger partial charge in [-0.25, -0.2) is 18.6 Å². The summed E-state index contributed by atoms with van der Waals surface area (Å²) in [5.74, 6) is -2.57. The summed E-state index contributed by atoms with van der Waals surface area (Å²) in [6.45, 7) is 0.634. The van der Waals surface area contributed by atoms with E-state index in [-0.39, 0.29) is 5.82 Å². The van der Waals surface area contributed by atoms with Crippen LogP contribution in [0.4, 0.5) is 25.1 Å². The van der Waals surface area contributed by atoms with Crippen molar-refractivity contribution in [2.45, 2.75) is 25.4 Å². The van der Waals surface area contributed by atoms with Crippen LogP contribution >= 0.6 is 0 Å². The van der Waals surface area contributed by atoms with Gasteiger partial charge >= 0.3 is 6.09 Å². The highest BCUT2D eigenvalue weighted by Gasteiger charge is 2.42. The summed E-state index contributed by atoms with van der Waals surface area (Å²) in [6, 6.07) is 4.61. The predicted octanol–water partition coefficient (Wildman–Crippen LogP) is 1.82. The van der Waals surface area contributed by atoms with E-state index in [1.165, 1.54) is 6.20 Å². The summed E-state index contributed by atoms with van der Waals surface area (Å²) in [4.78, 5) is 28.4. The lowest BCUT2D eigenvalue weighted by Gasteiger charge is -2.30. The highest BCUT2D eigenvalue weighted by molar-refractivity contribution is 5.88. The minimum atomic E-state index is -3.15. The van der Waals surface area contributed by atoms with Gasteiger partial charge in [0.25, 0.3) is 5.92 Å². The maximum atomic E-state index is 13.7. The number of cyclic esters (lactones) is 1. The first-order valence-electron chi connectivity index (χ1n) is 8.96. The standard InChI is InChI=1S/C18H19F2N5O4/c1-10(15(21)26)22-11-2-3-12-13(6-11)28-5-4-24-7-14(23-16(12)24)25-8-18(19,20)9-29-17(25)27/h2-3,6-7,10,22H,4-5,8-9H2,1H3,(H2,21,26)/t10-/m0/s1. The number of nitrogens with zero attached hydrogens (tertiary/aromatic N) is 3. The molecule has 3 heterocycles. The number of amides is 2. The summed E-state index contributed by atoms with van der Waals surface area (Å²) >= 11 is 0. The Balaban J connectivity index is 1.67. The van der Waals surface area contributed by atoms with Crippen LogP contribution in [0.25, 0.3) is 11.4 Å².